The molecule has 0 aliphatic carbocycles. The van der Waals surface area contributed by atoms with E-state index in [1.807, 2.05) is 13.8 Å². The summed E-state index contributed by atoms with van der Waals surface area (Å²) in [5.41, 5.74) is 0. The van der Waals surface area contributed by atoms with E-state index in [2.05, 4.69) is 21.5 Å². The van der Waals surface area contributed by atoms with Crippen LogP contribution >= 0.6 is 0 Å². The molecule has 1 aromatic rings. The van der Waals surface area contributed by atoms with Gasteiger partial charge in [0.15, 0.2) is 5.82 Å². The quantitative estimate of drug-likeness (QED) is 0.661. The van der Waals surface area contributed by atoms with Gasteiger partial charge < -0.3 is 5.32 Å². The molecule has 0 bridgehead atoms. The Labute approximate surface area is 60.5 Å². The molecule has 3 heteroatoms. The molecule has 53 valence electrons. The molecule has 0 unspecified atom stereocenters. The van der Waals surface area contributed by atoms with Gasteiger partial charge in [-0.1, -0.05) is 0 Å². The van der Waals surface area contributed by atoms with Crippen LogP contribution in [0.15, 0.2) is 12.4 Å². The number of anilines is 1. The summed E-state index contributed by atoms with van der Waals surface area (Å²) in [5.74, 6) is 0.706. The van der Waals surface area contributed by atoms with Crippen LogP contribution in [0.25, 0.3) is 0 Å². The number of hydrogen-bond acceptors (Lipinski definition) is 3. The van der Waals surface area contributed by atoms with Gasteiger partial charge in [0, 0.05) is 18.4 Å². The smallest absolute Gasteiger partial charge is 0.154 e. The van der Waals surface area contributed by atoms with Crippen molar-refractivity contribution < 1.29 is 0 Å². The molecule has 3 nitrogen and oxygen atoms in total. The summed E-state index contributed by atoms with van der Waals surface area (Å²) in [4.78, 5) is 7.78. The van der Waals surface area contributed by atoms with Crippen LogP contribution in [0.3, 0.4) is 0 Å². The molecule has 0 saturated carbocycles. The number of rotatable bonds is 2. The molecule has 1 radical (unpaired) electrons. The molecule has 1 heterocycles. The second-order valence-electron chi connectivity index (χ2n) is 2.32. The Balaban J connectivity index is 2.59. The maximum absolute atomic E-state index is 3.99. The number of nitrogens with one attached hydrogen (secondary N) is 1. The highest BCUT2D eigenvalue weighted by molar-refractivity contribution is 5.29. The van der Waals surface area contributed by atoms with Gasteiger partial charge in [-0.05, 0) is 13.8 Å². The zero-order valence-corrected chi connectivity index (χ0v) is 6.13. The normalized spacial score (nSPS) is 9.90. The maximum Gasteiger partial charge on any atom is 0.154 e. The first kappa shape index (κ1) is 6.99. The van der Waals surface area contributed by atoms with Crippen LogP contribution in [0, 0.1) is 6.20 Å². The van der Waals surface area contributed by atoms with Crippen LogP contribution < -0.4 is 5.32 Å². The van der Waals surface area contributed by atoms with Gasteiger partial charge in [0.05, 0.1) is 0 Å². The van der Waals surface area contributed by atoms with E-state index in [0.29, 0.717) is 11.9 Å². The lowest BCUT2D eigenvalue weighted by atomic mass is 10.4. The first-order valence-electron chi connectivity index (χ1n) is 3.24. The largest absolute Gasteiger partial charge is 0.366 e. The Hall–Kier alpha value is -1.12. The van der Waals surface area contributed by atoms with Crippen LogP contribution in [0.5, 0.6) is 0 Å². The molecule has 0 aliphatic heterocycles. The Morgan fingerprint density at radius 1 is 1.50 bits per heavy atom. The third kappa shape index (κ3) is 2.01. The molecule has 0 aliphatic rings. The van der Waals surface area contributed by atoms with Crippen molar-refractivity contribution in [3.63, 3.8) is 0 Å². The Bertz CT molecular complexity index is 183. The Morgan fingerprint density at radius 2 is 2.30 bits per heavy atom. The molecule has 0 fully saturated rings. The lowest BCUT2D eigenvalue weighted by Crippen LogP contribution is -2.10. The lowest BCUT2D eigenvalue weighted by Gasteiger charge is -2.05. The SMILES string of the molecule is CC(C)Nc1[c]nccn1. The van der Waals surface area contributed by atoms with Gasteiger partial charge in [-0.25, -0.2) is 9.97 Å². The zero-order valence-electron chi connectivity index (χ0n) is 6.13. The average molecular weight is 136 g/mol. The van der Waals surface area contributed by atoms with Crippen LogP contribution in [0.1, 0.15) is 13.8 Å². The van der Waals surface area contributed by atoms with E-state index in [-0.39, 0.29) is 0 Å². The van der Waals surface area contributed by atoms with E-state index in [0.717, 1.165) is 0 Å². The van der Waals surface area contributed by atoms with E-state index >= 15 is 0 Å². The van der Waals surface area contributed by atoms with Crippen molar-refractivity contribution in [1.29, 1.82) is 0 Å². The molecule has 0 amide bonds. The van der Waals surface area contributed by atoms with Crippen molar-refractivity contribution in [1.82, 2.24) is 9.97 Å². The molecule has 0 spiro atoms. The summed E-state index contributed by atoms with van der Waals surface area (Å²) >= 11 is 0. The summed E-state index contributed by atoms with van der Waals surface area (Å²) in [6.45, 7) is 4.09. The minimum atomic E-state index is 0.382. The Morgan fingerprint density at radius 3 is 2.80 bits per heavy atom. The fraction of sp³-hybridized carbons (Fsp3) is 0.429. The predicted octanol–water partition coefficient (Wildman–Crippen LogP) is 1.10. The van der Waals surface area contributed by atoms with Crippen molar-refractivity contribution in [2.45, 2.75) is 19.9 Å². The summed E-state index contributed by atoms with van der Waals surface area (Å²) in [6.07, 6.45) is 5.97. The van der Waals surface area contributed by atoms with E-state index in [9.17, 15) is 0 Å². The molecule has 10 heavy (non-hydrogen) atoms. The van der Waals surface area contributed by atoms with Crippen molar-refractivity contribution in [3.05, 3.63) is 18.6 Å². The number of aromatic nitrogens is 2. The van der Waals surface area contributed by atoms with E-state index < -0.39 is 0 Å². The minimum absolute atomic E-state index is 0.382. The lowest BCUT2D eigenvalue weighted by molar-refractivity contribution is 0.884. The highest BCUT2D eigenvalue weighted by Crippen LogP contribution is 1.97. The van der Waals surface area contributed by atoms with Crippen LogP contribution in [-0.2, 0) is 0 Å². The van der Waals surface area contributed by atoms with E-state index in [1.54, 1.807) is 12.4 Å². The average Bonchev–Trinajstić information content (AvgIpc) is 1.88. The Kier molecular flexibility index (Phi) is 2.20. The molecule has 0 atom stereocenters. The summed E-state index contributed by atoms with van der Waals surface area (Å²) in [7, 11) is 0. The molecular weight excluding hydrogens is 126 g/mol. The standard InChI is InChI=1S/C7H10N3/c1-6(2)10-7-5-8-3-4-9-7/h3-4,6H,1-2H3,(H,9,10). The minimum Gasteiger partial charge on any atom is -0.366 e. The molecule has 1 rings (SSSR count). The highest BCUT2D eigenvalue weighted by atomic mass is 15.0. The second kappa shape index (κ2) is 3.15. The summed E-state index contributed by atoms with van der Waals surface area (Å²) in [6, 6.07) is 0.382. The molecule has 0 aromatic carbocycles. The second-order valence-corrected chi connectivity index (χ2v) is 2.32. The van der Waals surface area contributed by atoms with Crippen molar-refractivity contribution in [2.24, 2.45) is 0 Å². The number of nitrogens with zero attached hydrogens (tertiary/aromatic N) is 2. The summed E-state index contributed by atoms with van der Waals surface area (Å²) < 4.78 is 0. The first-order chi connectivity index (χ1) is 4.79. The van der Waals surface area contributed by atoms with Gasteiger partial charge in [-0.15, -0.1) is 0 Å². The van der Waals surface area contributed by atoms with Gasteiger partial charge in [0.1, 0.15) is 6.20 Å². The molecular formula is C7H10N3. The van der Waals surface area contributed by atoms with Crippen molar-refractivity contribution >= 4 is 5.82 Å². The third-order valence-electron chi connectivity index (χ3n) is 0.941. The van der Waals surface area contributed by atoms with Crippen molar-refractivity contribution in [3.8, 4) is 0 Å². The maximum atomic E-state index is 3.99. The monoisotopic (exact) mass is 136 g/mol. The van der Waals surface area contributed by atoms with Crippen LogP contribution in [0.2, 0.25) is 0 Å². The zero-order chi connectivity index (χ0) is 7.40. The third-order valence-corrected chi connectivity index (χ3v) is 0.941. The van der Waals surface area contributed by atoms with Gasteiger partial charge in [0.25, 0.3) is 0 Å². The number of hydrogen-bond donors (Lipinski definition) is 1. The molecule has 0 saturated heterocycles. The van der Waals surface area contributed by atoms with E-state index in [1.165, 1.54) is 0 Å². The summed E-state index contributed by atoms with van der Waals surface area (Å²) in [5, 5.41) is 3.08. The van der Waals surface area contributed by atoms with Crippen LogP contribution in [-0.4, -0.2) is 16.0 Å². The fourth-order valence-electron chi connectivity index (χ4n) is 0.611. The van der Waals surface area contributed by atoms with Gasteiger partial charge in [-0.2, -0.15) is 0 Å². The van der Waals surface area contributed by atoms with Crippen LogP contribution in [0.4, 0.5) is 5.82 Å². The van der Waals surface area contributed by atoms with Crippen molar-refractivity contribution in [2.75, 3.05) is 5.32 Å². The topological polar surface area (TPSA) is 37.8 Å². The molecule has 1 aromatic heterocycles. The van der Waals surface area contributed by atoms with Gasteiger partial charge in [0.2, 0.25) is 0 Å². The highest BCUT2D eigenvalue weighted by Gasteiger charge is 1.93. The molecule has 1 N–H and O–H groups in total. The van der Waals surface area contributed by atoms with E-state index in [4.69, 9.17) is 0 Å². The first-order valence-corrected chi connectivity index (χ1v) is 3.24. The van der Waals surface area contributed by atoms with Gasteiger partial charge >= 0.3 is 0 Å². The predicted molar refractivity (Wildman–Crippen MR) is 39.6 cm³/mol. The fourth-order valence-corrected chi connectivity index (χ4v) is 0.611. The van der Waals surface area contributed by atoms with Gasteiger partial charge in [-0.3, -0.25) is 0 Å².